The fraction of sp³-hybridized carbons (Fsp3) is 0.389. The van der Waals surface area contributed by atoms with E-state index in [1.165, 1.54) is 0 Å². The van der Waals surface area contributed by atoms with Crippen LogP contribution in [0.2, 0.25) is 0 Å². The van der Waals surface area contributed by atoms with Crippen LogP contribution in [-0.2, 0) is 9.31 Å². The number of aromatic amines is 1. The molecule has 2 aliphatic heterocycles. The fourth-order valence-corrected chi connectivity index (χ4v) is 2.89. The number of rotatable bonds is 2. The Morgan fingerprint density at radius 3 is 2.38 bits per heavy atom. The predicted molar refractivity (Wildman–Crippen MR) is 95.9 cm³/mol. The SMILES string of the molecule is CC1(C)OB(C(F)=Cc2cc3cc4c(cc3[nH]c2=O)OCO4)OC1(C)C. The van der Waals surface area contributed by atoms with Gasteiger partial charge in [-0.25, -0.2) is 4.39 Å². The van der Waals surface area contributed by atoms with Gasteiger partial charge in [0, 0.05) is 17.0 Å². The van der Waals surface area contributed by atoms with Crippen molar-refractivity contribution < 1.29 is 23.2 Å². The van der Waals surface area contributed by atoms with Gasteiger partial charge >= 0.3 is 7.12 Å². The third kappa shape index (κ3) is 2.69. The summed E-state index contributed by atoms with van der Waals surface area (Å²) in [5.74, 6) is 1.16. The first-order chi connectivity index (χ1) is 12.2. The van der Waals surface area contributed by atoms with Crippen molar-refractivity contribution in [1.82, 2.24) is 4.98 Å². The molecule has 0 atom stereocenters. The molecule has 0 spiro atoms. The average Bonchev–Trinajstić information content (AvgIpc) is 3.07. The number of hydrogen-bond acceptors (Lipinski definition) is 5. The number of ether oxygens (including phenoxy) is 2. The van der Waals surface area contributed by atoms with Gasteiger partial charge in [0.25, 0.3) is 5.56 Å². The summed E-state index contributed by atoms with van der Waals surface area (Å²) >= 11 is 0. The number of aromatic nitrogens is 1. The molecule has 0 unspecified atom stereocenters. The molecule has 1 N–H and O–H groups in total. The third-order valence-electron chi connectivity index (χ3n) is 5.14. The summed E-state index contributed by atoms with van der Waals surface area (Å²) in [5, 5.41) is 0.710. The van der Waals surface area contributed by atoms with Crippen molar-refractivity contribution in [2.24, 2.45) is 0 Å². The highest BCUT2D eigenvalue weighted by Gasteiger charge is 2.53. The second-order valence-electron chi connectivity index (χ2n) is 7.46. The average molecular weight is 359 g/mol. The summed E-state index contributed by atoms with van der Waals surface area (Å²) < 4.78 is 36.7. The first-order valence-electron chi connectivity index (χ1n) is 8.36. The molecule has 6 nitrogen and oxygen atoms in total. The maximum absolute atomic E-state index is 14.7. The third-order valence-corrected chi connectivity index (χ3v) is 5.14. The standard InChI is InChI=1S/C18H19BFNO5/c1-17(2)18(3,4)26-19(25-17)15(20)7-11-5-10-6-13-14(24-9-23-13)8-12(10)21-16(11)22/h5-8H,9H2,1-4H3,(H,21,22). The van der Waals surface area contributed by atoms with Crippen LogP contribution in [0, 0.1) is 0 Å². The highest BCUT2D eigenvalue weighted by Crippen LogP contribution is 2.39. The molecular formula is C18H19BFNO5. The van der Waals surface area contributed by atoms with E-state index in [4.69, 9.17) is 18.8 Å². The van der Waals surface area contributed by atoms with Crippen molar-refractivity contribution >= 4 is 24.1 Å². The maximum Gasteiger partial charge on any atom is 0.525 e. The van der Waals surface area contributed by atoms with Crippen molar-refractivity contribution in [2.45, 2.75) is 38.9 Å². The zero-order valence-corrected chi connectivity index (χ0v) is 15.0. The molecule has 2 aromatic rings. The minimum atomic E-state index is -1.15. The van der Waals surface area contributed by atoms with Crippen molar-refractivity contribution in [3.8, 4) is 11.5 Å². The molecular weight excluding hydrogens is 340 g/mol. The largest absolute Gasteiger partial charge is 0.525 e. The van der Waals surface area contributed by atoms with Gasteiger partial charge in [0.15, 0.2) is 11.5 Å². The predicted octanol–water partition coefficient (Wildman–Crippen LogP) is 3.20. The number of hydrogen-bond donors (Lipinski definition) is 1. The zero-order valence-electron chi connectivity index (χ0n) is 15.0. The van der Waals surface area contributed by atoms with E-state index in [1.54, 1.807) is 18.2 Å². The molecule has 1 aromatic heterocycles. The van der Waals surface area contributed by atoms with Gasteiger partial charge in [0.05, 0.1) is 16.7 Å². The molecule has 0 bridgehead atoms. The number of halogens is 1. The summed E-state index contributed by atoms with van der Waals surface area (Å²) in [7, 11) is -1.15. The molecule has 1 fully saturated rings. The summed E-state index contributed by atoms with van der Waals surface area (Å²) in [6.45, 7) is 7.49. The van der Waals surface area contributed by atoms with Crippen LogP contribution in [0.15, 0.2) is 28.7 Å². The fourth-order valence-electron chi connectivity index (χ4n) is 2.89. The minimum absolute atomic E-state index is 0.138. The normalized spacial score (nSPS) is 20.8. The van der Waals surface area contributed by atoms with Crippen LogP contribution >= 0.6 is 0 Å². The van der Waals surface area contributed by atoms with Crippen molar-refractivity contribution in [2.75, 3.05) is 6.79 Å². The van der Waals surface area contributed by atoms with E-state index in [0.717, 1.165) is 6.08 Å². The van der Waals surface area contributed by atoms with Crippen LogP contribution < -0.4 is 15.0 Å². The van der Waals surface area contributed by atoms with Crippen LogP contribution in [0.3, 0.4) is 0 Å². The van der Waals surface area contributed by atoms with Gasteiger partial charge in [-0.1, -0.05) is 0 Å². The van der Waals surface area contributed by atoms with Gasteiger partial charge in [0.2, 0.25) is 6.79 Å². The Hall–Kier alpha value is -2.32. The Kier molecular flexibility index (Phi) is 3.68. The van der Waals surface area contributed by atoms with E-state index in [-0.39, 0.29) is 12.4 Å². The Morgan fingerprint density at radius 1 is 1.12 bits per heavy atom. The zero-order chi connectivity index (χ0) is 18.7. The van der Waals surface area contributed by atoms with E-state index >= 15 is 0 Å². The van der Waals surface area contributed by atoms with E-state index < -0.39 is 29.6 Å². The summed E-state index contributed by atoms with van der Waals surface area (Å²) in [6.07, 6.45) is 1.14. The topological polar surface area (TPSA) is 69.8 Å². The van der Waals surface area contributed by atoms with Gasteiger partial charge < -0.3 is 23.8 Å². The Morgan fingerprint density at radius 2 is 1.73 bits per heavy atom. The first-order valence-corrected chi connectivity index (χ1v) is 8.36. The Bertz CT molecular complexity index is 965. The molecule has 26 heavy (non-hydrogen) atoms. The van der Waals surface area contributed by atoms with Gasteiger partial charge in [-0.2, -0.15) is 0 Å². The van der Waals surface area contributed by atoms with E-state index in [1.807, 2.05) is 27.7 Å². The van der Waals surface area contributed by atoms with Gasteiger partial charge in [-0.05, 0) is 45.9 Å². The number of nitrogens with one attached hydrogen (secondary N) is 1. The lowest BCUT2D eigenvalue weighted by Gasteiger charge is -2.32. The summed E-state index contributed by atoms with van der Waals surface area (Å²) in [4.78, 5) is 15.1. The van der Waals surface area contributed by atoms with Crippen molar-refractivity contribution in [3.63, 3.8) is 0 Å². The smallest absolute Gasteiger partial charge is 0.454 e. The Balaban J connectivity index is 1.70. The lowest BCUT2D eigenvalue weighted by Crippen LogP contribution is -2.41. The lowest BCUT2D eigenvalue weighted by atomic mass is 9.87. The number of H-pyrrole nitrogens is 1. The first kappa shape index (κ1) is 17.1. The molecule has 3 heterocycles. The summed E-state index contributed by atoms with van der Waals surface area (Å²) in [5.41, 5.74) is -1.62. The molecule has 1 aromatic carbocycles. The minimum Gasteiger partial charge on any atom is -0.454 e. The van der Waals surface area contributed by atoms with Crippen LogP contribution in [0.25, 0.3) is 17.0 Å². The molecule has 0 radical (unpaired) electrons. The van der Waals surface area contributed by atoms with Crippen molar-refractivity contribution in [1.29, 1.82) is 0 Å². The number of benzene rings is 1. The monoisotopic (exact) mass is 359 g/mol. The molecule has 0 amide bonds. The highest BCUT2D eigenvalue weighted by atomic mass is 19.1. The molecule has 8 heteroatoms. The van der Waals surface area contributed by atoms with Gasteiger partial charge in [0.1, 0.15) is 5.73 Å². The Labute approximate surface area is 150 Å². The van der Waals surface area contributed by atoms with Gasteiger partial charge in [-0.3, -0.25) is 4.79 Å². The second kappa shape index (κ2) is 5.59. The number of pyridine rings is 1. The van der Waals surface area contributed by atoms with Crippen LogP contribution in [0.1, 0.15) is 33.3 Å². The van der Waals surface area contributed by atoms with E-state index in [0.29, 0.717) is 22.4 Å². The molecule has 0 aliphatic carbocycles. The molecule has 2 aliphatic rings. The van der Waals surface area contributed by atoms with Crippen LogP contribution in [0.4, 0.5) is 4.39 Å². The maximum atomic E-state index is 14.7. The molecule has 136 valence electrons. The van der Waals surface area contributed by atoms with Crippen molar-refractivity contribution in [3.05, 3.63) is 39.8 Å². The van der Waals surface area contributed by atoms with Gasteiger partial charge in [-0.15, -0.1) is 0 Å². The van der Waals surface area contributed by atoms with E-state index in [9.17, 15) is 9.18 Å². The quantitative estimate of drug-likeness (QED) is 0.834. The number of fused-ring (bicyclic) bond motifs is 2. The highest BCUT2D eigenvalue weighted by molar-refractivity contribution is 6.54. The lowest BCUT2D eigenvalue weighted by molar-refractivity contribution is 0.00578. The summed E-state index contributed by atoms with van der Waals surface area (Å²) in [6, 6.07) is 5.04. The molecule has 0 saturated carbocycles. The molecule has 1 saturated heterocycles. The van der Waals surface area contributed by atoms with Crippen LogP contribution in [0.5, 0.6) is 11.5 Å². The van der Waals surface area contributed by atoms with E-state index in [2.05, 4.69) is 4.98 Å². The molecule has 4 rings (SSSR count). The van der Waals surface area contributed by atoms with Crippen LogP contribution in [-0.4, -0.2) is 30.1 Å². The second-order valence-corrected chi connectivity index (χ2v) is 7.46.